The topological polar surface area (TPSA) is 86.8 Å². The quantitative estimate of drug-likeness (QED) is 0.270. The molecule has 0 unspecified atom stereocenters. The maximum Gasteiger partial charge on any atom is 0.261 e. The molecule has 1 N–H and O–H groups in total. The van der Waals surface area contributed by atoms with E-state index in [1.165, 1.54) is 4.90 Å². The second-order valence-corrected chi connectivity index (χ2v) is 11.4. The number of hydrogen-bond donors (Lipinski definition) is 1. The summed E-state index contributed by atoms with van der Waals surface area (Å²) >= 11 is 12.6. The molecule has 0 radical (unpaired) electrons. The fraction of sp³-hybridized carbons (Fsp3) is 0.312. The van der Waals surface area contributed by atoms with Gasteiger partial charge in [0, 0.05) is 42.5 Å². The van der Waals surface area contributed by atoms with Gasteiger partial charge in [-0.2, -0.15) is 0 Å². The lowest BCUT2D eigenvalue weighted by Crippen LogP contribution is -2.51. The predicted octanol–water partition coefficient (Wildman–Crippen LogP) is 5.78. The number of hydrogen-bond acceptors (Lipinski definition) is 4. The summed E-state index contributed by atoms with van der Waals surface area (Å²) in [6.07, 6.45) is 0.586. The molecule has 1 aliphatic rings. The Hall–Kier alpha value is -3.68. The average molecular weight is 595 g/mol. The Morgan fingerprint density at radius 3 is 2.15 bits per heavy atom. The summed E-state index contributed by atoms with van der Waals surface area (Å²) in [4.78, 5) is 55.7. The third-order valence-corrected chi connectivity index (χ3v) is 7.55. The minimum absolute atomic E-state index is 0.0291. The van der Waals surface area contributed by atoms with Crippen molar-refractivity contribution in [3.63, 3.8) is 0 Å². The summed E-state index contributed by atoms with van der Waals surface area (Å²) < 4.78 is 0. The van der Waals surface area contributed by atoms with Crippen LogP contribution in [0.2, 0.25) is 10.0 Å². The molecule has 1 atom stereocenters. The van der Waals surface area contributed by atoms with Crippen LogP contribution >= 0.6 is 23.2 Å². The third kappa shape index (κ3) is 7.54. The Labute approximate surface area is 250 Å². The van der Waals surface area contributed by atoms with Gasteiger partial charge in [0.05, 0.1) is 11.1 Å². The van der Waals surface area contributed by atoms with E-state index in [0.717, 1.165) is 5.56 Å². The molecule has 214 valence electrons. The fourth-order valence-corrected chi connectivity index (χ4v) is 5.25. The van der Waals surface area contributed by atoms with E-state index < -0.39 is 6.04 Å². The number of carbonyl (C=O) groups excluding carboxylic acids is 4. The first-order chi connectivity index (χ1) is 19.7. The second-order valence-electron chi connectivity index (χ2n) is 10.5. The molecule has 3 aromatic carbocycles. The van der Waals surface area contributed by atoms with Gasteiger partial charge in [-0.3, -0.25) is 24.1 Å². The number of amides is 4. The first-order valence-electron chi connectivity index (χ1n) is 13.7. The van der Waals surface area contributed by atoms with Crippen molar-refractivity contribution >= 4 is 46.8 Å². The molecular weight excluding hydrogens is 561 g/mol. The Morgan fingerprint density at radius 1 is 0.902 bits per heavy atom. The van der Waals surface area contributed by atoms with E-state index in [0.29, 0.717) is 39.7 Å². The Balaban J connectivity index is 1.56. The van der Waals surface area contributed by atoms with Gasteiger partial charge >= 0.3 is 0 Å². The van der Waals surface area contributed by atoms with Gasteiger partial charge < -0.3 is 10.2 Å². The molecule has 4 amide bonds. The van der Waals surface area contributed by atoms with Crippen molar-refractivity contribution in [2.45, 2.75) is 45.7 Å². The second kappa shape index (κ2) is 13.8. The zero-order valence-electron chi connectivity index (χ0n) is 23.1. The van der Waals surface area contributed by atoms with Crippen molar-refractivity contribution < 1.29 is 19.2 Å². The SMILES string of the molecule is CC(C)CNC(=O)[C@@H](Cc1ccccc1)N(Cc1ccc(Cl)cc1Cl)C(=O)CCCN1C(=O)c2ccccc2C1=O. The van der Waals surface area contributed by atoms with Crippen LogP contribution in [0.5, 0.6) is 0 Å². The van der Waals surface area contributed by atoms with Gasteiger partial charge in [-0.15, -0.1) is 0 Å². The van der Waals surface area contributed by atoms with E-state index in [9.17, 15) is 19.2 Å². The maximum absolute atomic E-state index is 13.8. The number of carbonyl (C=O) groups is 4. The summed E-state index contributed by atoms with van der Waals surface area (Å²) in [6, 6.07) is 20.4. The largest absolute Gasteiger partial charge is 0.354 e. The van der Waals surface area contributed by atoms with Crippen LogP contribution in [0.15, 0.2) is 72.8 Å². The first kappa shape index (κ1) is 30.3. The Morgan fingerprint density at radius 2 is 1.54 bits per heavy atom. The van der Waals surface area contributed by atoms with Crippen LogP contribution in [0.4, 0.5) is 0 Å². The molecule has 1 aliphatic heterocycles. The number of halogens is 2. The first-order valence-corrected chi connectivity index (χ1v) is 14.4. The van der Waals surface area contributed by atoms with Crippen molar-refractivity contribution in [3.05, 3.63) is 105 Å². The third-order valence-electron chi connectivity index (χ3n) is 6.96. The van der Waals surface area contributed by atoms with Gasteiger partial charge in [0.25, 0.3) is 11.8 Å². The van der Waals surface area contributed by atoms with Gasteiger partial charge in [0.1, 0.15) is 6.04 Å². The molecule has 41 heavy (non-hydrogen) atoms. The summed E-state index contributed by atoms with van der Waals surface area (Å²) in [7, 11) is 0. The van der Waals surface area contributed by atoms with E-state index >= 15 is 0 Å². The maximum atomic E-state index is 13.8. The van der Waals surface area contributed by atoms with Gasteiger partial charge in [-0.05, 0) is 47.7 Å². The number of nitrogens with zero attached hydrogens (tertiary/aromatic N) is 2. The zero-order chi connectivity index (χ0) is 29.5. The number of rotatable bonds is 12. The molecule has 0 aliphatic carbocycles. The number of imide groups is 1. The molecule has 0 saturated heterocycles. The lowest BCUT2D eigenvalue weighted by molar-refractivity contribution is -0.141. The summed E-state index contributed by atoms with van der Waals surface area (Å²) in [5.41, 5.74) is 2.29. The highest BCUT2D eigenvalue weighted by molar-refractivity contribution is 6.35. The van der Waals surface area contributed by atoms with Crippen LogP contribution in [0.3, 0.4) is 0 Å². The summed E-state index contributed by atoms with van der Waals surface area (Å²) in [6.45, 7) is 4.66. The Kier molecular flexibility index (Phi) is 10.2. The molecule has 4 rings (SSSR count). The van der Waals surface area contributed by atoms with Crippen molar-refractivity contribution in [2.75, 3.05) is 13.1 Å². The van der Waals surface area contributed by atoms with E-state index in [4.69, 9.17) is 23.2 Å². The highest BCUT2D eigenvalue weighted by Gasteiger charge is 2.35. The lowest BCUT2D eigenvalue weighted by atomic mass is 10.0. The van der Waals surface area contributed by atoms with Crippen molar-refractivity contribution in [1.29, 1.82) is 0 Å². The summed E-state index contributed by atoms with van der Waals surface area (Å²) in [5, 5.41) is 3.84. The molecule has 0 fully saturated rings. The van der Waals surface area contributed by atoms with Crippen LogP contribution in [-0.4, -0.2) is 52.6 Å². The Bertz CT molecular complexity index is 1390. The zero-order valence-corrected chi connectivity index (χ0v) is 24.6. The number of fused-ring (bicyclic) bond motifs is 1. The molecule has 0 bridgehead atoms. The van der Waals surface area contributed by atoms with Crippen LogP contribution in [0.1, 0.15) is 58.5 Å². The van der Waals surface area contributed by atoms with Crippen LogP contribution in [-0.2, 0) is 22.6 Å². The number of nitrogens with one attached hydrogen (secondary N) is 1. The monoisotopic (exact) mass is 593 g/mol. The standard InChI is InChI=1S/C32H33Cl2N3O4/c1-21(2)19-35-30(39)28(17-22-9-4-3-5-10-22)37(20-23-14-15-24(33)18-27(23)34)29(38)13-8-16-36-31(40)25-11-6-7-12-26(25)32(36)41/h3-7,9-12,14-15,18,21,28H,8,13,16-17,19-20H2,1-2H3,(H,35,39)/t28-/m1/s1. The van der Waals surface area contributed by atoms with Crippen molar-refractivity contribution in [1.82, 2.24) is 15.1 Å². The minimum atomic E-state index is -0.810. The predicted molar refractivity (Wildman–Crippen MR) is 160 cm³/mol. The van der Waals surface area contributed by atoms with E-state index in [1.807, 2.05) is 44.2 Å². The molecule has 0 spiro atoms. The van der Waals surface area contributed by atoms with E-state index in [-0.39, 0.29) is 55.5 Å². The molecular formula is C32H33Cl2N3O4. The van der Waals surface area contributed by atoms with Gasteiger partial charge in [-0.1, -0.05) is 85.6 Å². The van der Waals surface area contributed by atoms with E-state index in [2.05, 4.69) is 5.32 Å². The molecule has 0 aromatic heterocycles. The number of benzene rings is 3. The van der Waals surface area contributed by atoms with Crippen molar-refractivity contribution in [2.24, 2.45) is 5.92 Å². The molecule has 1 heterocycles. The fourth-order valence-electron chi connectivity index (χ4n) is 4.78. The summed E-state index contributed by atoms with van der Waals surface area (Å²) in [5.74, 6) is -1.05. The average Bonchev–Trinajstić information content (AvgIpc) is 3.20. The lowest BCUT2D eigenvalue weighted by Gasteiger charge is -2.32. The van der Waals surface area contributed by atoms with Crippen molar-refractivity contribution in [3.8, 4) is 0 Å². The van der Waals surface area contributed by atoms with Crippen LogP contribution in [0, 0.1) is 5.92 Å². The van der Waals surface area contributed by atoms with E-state index in [1.54, 1.807) is 47.4 Å². The minimum Gasteiger partial charge on any atom is -0.354 e. The smallest absolute Gasteiger partial charge is 0.261 e. The van der Waals surface area contributed by atoms with Crippen LogP contribution in [0.25, 0.3) is 0 Å². The molecule has 0 saturated carbocycles. The van der Waals surface area contributed by atoms with Gasteiger partial charge in [0.2, 0.25) is 11.8 Å². The molecule has 9 heteroatoms. The van der Waals surface area contributed by atoms with Gasteiger partial charge in [-0.25, -0.2) is 0 Å². The highest BCUT2D eigenvalue weighted by atomic mass is 35.5. The molecule has 7 nitrogen and oxygen atoms in total. The molecule has 3 aromatic rings. The van der Waals surface area contributed by atoms with Crippen LogP contribution < -0.4 is 5.32 Å². The van der Waals surface area contributed by atoms with Gasteiger partial charge in [0.15, 0.2) is 0 Å². The highest BCUT2D eigenvalue weighted by Crippen LogP contribution is 2.26. The normalized spacial score (nSPS) is 13.3.